The third kappa shape index (κ3) is 4.45. The van der Waals surface area contributed by atoms with Gasteiger partial charge in [0.15, 0.2) is 0 Å². The number of nitrogens with zero attached hydrogens (tertiary/aromatic N) is 5. The van der Waals surface area contributed by atoms with Crippen molar-refractivity contribution in [3.8, 4) is 11.4 Å². The van der Waals surface area contributed by atoms with E-state index < -0.39 is 0 Å². The molecule has 0 amide bonds. The maximum atomic E-state index is 4.50. The van der Waals surface area contributed by atoms with Crippen LogP contribution in [0.25, 0.3) is 11.4 Å². The zero-order valence-corrected chi connectivity index (χ0v) is 16.1. The van der Waals surface area contributed by atoms with Crippen LogP contribution in [0.1, 0.15) is 31.8 Å². The number of aryl methyl sites for hydroxylation is 1. The van der Waals surface area contributed by atoms with Gasteiger partial charge in [0.05, 0.1) is 0 Å². The van der Waals surface area contributed by atoms with Crippen LogP contribution in [-0.4, -0.2) is 34.0 Å². The summed E-state index contributed by atoms with van der Waals surface area (Å²) in [6.45, 7) is 6.10. The number of anilines is 1. The van der Waals surface area contributed by atoms with Gasteiger partial charge in [0.2, 0.25) is 5.95 Å². The third-order valence-electron chi connectivity index (χ3n) is 3.12. The first kappa shape index (κ1) is 18.0. The molecular weight excluding hydrogens is 339 g/mol. The van der Waals surface area contributed by atoms with Crippen molar-refractivity contribution >= 4 is 5.95 Å². The molecule has 0 atom stereocenters. The summed E-state index contributed by atoms with van der Waals surface area (Å²) in [7, 11) is 3.84. The quantitative estimate of drug-likeness (QED) is 0.786. The summed E-state index contributed by atoms with van der Waals surface area (Å²) in [4.78, 5) is 19.5. The van der Waals surface area contributed by atoms with Crippen molar-refractivity contribution in [1.29, 1.82) is 0 Å². The van der Waals surface area contributed by atoms with E-state index in [9.17, 15) is 0 Å². The van der Waals surface area contributed by atoms with Gasteiger partial charge in [-0.25, -0.2) is 4.98 Å². The molecule has 0 N–H and O–H groups in total. The Morgan fingerprint density at radius 3 is 2.52 bits per heavy atom. The van der Waals surface area contributed by atoms with Gasteiger partial charge in [0, 0.05) is 53.0 Å². The summed E-state index contributed by atoms with van der Waals surface area (Å²) >= 11 is 0. The predicted octanol–water partition coefficient (Wildman–Crippen LogP) is 2.66. The Labute approximate surface area is 151 Å². The molecule has 0 aliphatic carbocycles. The SMILES string of the molecule is CC[C-](C)c1cc(-c2nc(C)nc(N(C)C)n2)ccn1.[Y]. The summed E-state index contributed by atoms with van der Waals surface area (Å²) in [6.07, 6.45) is 2.79. The molecule has 1 radical (unpaired) electrons. The van der Waals surface area contributed by atoms with Gasteiger partial charge in [0.25, 0.3) is 0 Å². The minimum atomic E-state index is 0. The molecule has 0 unspecified atom stereocenters. The number of rotatable bonds is 4. The van der Waals surface area contributed by atoms with Crippen molar-refractivity contribution in [1.82, 2.24) is 19.9 Å². The zero-order chi connectivity index (χ0) is 14.7. The summed E-state index contributed by atoms with van der Waals surface area (Å²) in [6, 6.07) is 3.97. The smallest absolute Gasteiger partial charge is 0.228 e. The molecule has 21 heavy (non-hydrogen) atoms. The monoisotopic (exact) mass is 359 g/mol. The maximum Gasteiger partial charge on any atom is 0.228 e. The van der Waals surface area contributed by atoms with E-state index in [1.165, 1.54) is 5.92 Å². The Bertz CT molecular complexity index is 600. The molecule has 0 bridgehead atoms. The molecule has 2 aromatic rings. The first-order valence-corrected chi connectivity index (χ1v) is 6.70. The average Bonchev–Trinajstić information content (AvgIpc) is 2.45. The van der Waals surface area contributed by atoms with Crippen LogP contribution in [0.4, 0.5) is 5.95 Å². The molecule has 5 nitrogen and oxygen atoms in total. The molecule has 109 valence electrons. The van der Waals surface area contributed by atoms with Gasteiger partial charge in [-0.15, -0.1) is 6.92 Å². The van der Waals surface area contributed by atoms with Crippen LogP contribution in [0.5, 0.6) is 0 Å². The first-order valence-electron chi connectivity index (χ1n) is 6.70. The van der Waals surface area contributed by atoms with Crippen molar-refractivity contribution in [2.75, 3.05) is 19.0 Å². The molecule has 0 saturated heterocycles. The minimum absolute atomic E-state index is 0. The maximum absolute atomic E-state index is 4.50. The van der Waals surface area contributed by atoms with Gasteiger partial charge in [-0.3, -0.25) is 4.98 Å². The topological polar surface area (TPSA) is 54.8 Å². The van der Waals surface area contributed by atoms with Gasteiger partial charge in [0.1, 0.15) is 11.6 Å². The first-order chi connectivity index (χ1) is 9.51. The largest absolute Gasteiger partial charge is 0.347 e. The molecule has 6 heteroatoms. The van der Waals surface area contributed by atoms with E-state index >= 15 is 0 Å². The van der Waals surface area contributed by atoms with Crippen LogP contribution in [0, 0.1) is 12.8 Å². The van der Waals surface area contributed by atoms with E-state index in [1.54, 1.807) is 6.20 Å². The number of hydrogen-bond donors (Lipinski definition) is 0. The fourth-order valence-corrected chi connectivity index (χ4v) is 1.78. The van der Waals surface area contributed by atoms with Crippen molar-refractivity contribution < 1.29 is 32.7 Å². The standard InChI is InChI=1S/C15H20N5.Y/c1-6-10(2)13-9-12(7-8-16-13)14-17-11(3)18-15(19-14)20(4)5;/h7-9H,6H2,1-5H3;/q-1;. The van der Waals surface area contributed by atoms with Gasteiger partial charge < -0.3 is 4.90 Å². The minimum Gasteiger partial charge on any atom is -0.347 e. The molecule has 0 aliphatic heterocycles. The summed E-state index contributed by atoms with van der Waals surface area (Å²) in [5.74, 6) is 3.33. The average molecular weight is 359 g/mol. The van der Waals surface area contributed by atoms with Crippen molar-refractivity contribution in [3.05, 3.63) is 35.8 Å². The Morgan fingerprint density at radius 1 is 1.19 bits per heavy atom. The van der Waals surface area contributed by atoms with Gasteiger partial charge >= 0.3 is 0 Å². The Balaban J connectivity index is 0.00000220. The van der Waals surface area contributed by atoms with Gasteiger partial charge in [-0.1, -0.05) is 30.7 Å². The molecule has 0 saturated carbocycles. The summed E-state index contributed by atoms with van der Waals surface area (Å²) in [5, 5.41) is 0. The molecule has 0 fully saturated rings. The summed E-state index contributed by atoms with van der Waals surface area (Å²) in [5.41, 5.74) is 1.96. The molecule has 0 spiro atoms. The van der Waals surface area contributed by atoms with E-state index in [0.717, 1.165) is 17.7 Å². The van der Waals surface area contributed by atoms with E-state index in [0.29, 0.717) is 17.6 Å². The van der Waals surface area contributed by atoms with Crippen molar-refractivity contribution in [3.63, 3.8) is 0 Å². The van der Waals surface area contributed by atoms with Crippen LogP contribution in [-0.2, 0) is 32.7 Å². The zero-order valence-electron chi connectivity index (χ0n) is 13.3. The van der Waals surface area contributed by atoms with Crippen LogP contribution in [0.3, 0.4) is 0 Å². The van der Waals surface area contributed by atoms with Crippen molar-refractivity contribution in [2.24, 2.45) is 0 Å². The molecule has 2 heterocycles. The number of hydrogen-bond acceptors (Lipinski definition) is 5. The molecule has 0 aromatic carbocycles. The van der Waals surface area contributed by atoms with Crippen molar-refractivity contribution in [2.45, 2.75) is 27.2 Å². The number of pyridine rings is 1. The fraction of sp³-hybridized carbons (Fsp3) is 0.400. The Kier molecular flexibility index (Phi) is 6.68. The van der Waals surface area contributed by atoms with Crippen LogP contribution in [0.2, 0.25) is 0 Å². The molecule has 0 aliphatic rings. The van der Waals surface area contributed by atoms with Crippen LogP contribution < -0.4 is 4.90 Å². The molecule has 2 aromatic heterocycles. The van der Waals surface area contributed by atoms with E-state index in [-0.39, 0.29) is 32.7 Å². The Morgan fingerprint density at radius 2 is 1.90 bits per heavy atom. The van der Waals surface area contributed by atoms with Gasteiger partial charge in [-0.05, 0) is 6.92 Å². The van der Waals surface area contributed by atoms with Gasteiger partial charge in [-0.2, -0.15) is 22.0 Å². The van der Waals surface area contributed by atoms with Crippen LogP contribution >= 0.6 is 0 Å². The van der Waals surface area contributed by atoms with E-state index in [2.05, 4.69) is 33.8 Å². The second-order valence-electron chi connectivity index (χ2n) is 4.96. The normalized spacial score (nSPS) is 9.95. The molecule has 2 rings (SSSR count). The second kappa shape index (κ2) is 7.80. The fourth-order valence-electron chi connectivity index (χ4n) is 1.78. The summed E-state index contributed by atoms with van der Waals surface area (Å²) < 4.78 is 0. The number of aromatic nitrogens is 4. The second-order valence-corrected chi connectivity index (χ2v) is 4.96. The Hall–Kier alpha value is -1.07. The van der Waals surface area contributed by atoms with E-state index in [4.69, 9.17) is 0 Å². The van der Waals surface area contributed by atoms with E-state index in [1.807, 2.05) is 38.1 Å². The predicted molar refractivity (Wildman–Crippen MR) is 80.4 cm³/mol. The van der Waals surface area contributed by atoms with Crippen LogP contribution in [0.15, 0.2) is 18.3 Å². The molecular formula is C15H20N5Y-. The third-order valence-corrected chi connectivity index (χ3v) is 3.12.